The summed E-state index contributed by atoms with van der Waals surface area (Å²) in [4.78, 5) is 22.2. The highest BCUT2D eigenvalue weighted by Crippen LogP contribution is 2.13. The van der Waals surface area contributed by atoms with E-state index in [1.807, 2.05) is 26.8 Å². The molecule has 0 heterocycles. The molecule has 8 heteroatoms. The molecule has 0 saturated heterocycles. The van der Waals surface area contributed by atoms with Gasteiger partial charge in [0.2, 0.25) is 0 Å². The number of rotatable bonds is 2. The van der Waals surface area contributed by atoms with Crippen LogP contribution in [-0.4, -0.2) is 21.7 Å². The molecule has 0 atom stereocenters. The first-order valence-electron chi connectivity index (χ1n) is 7.22. The van der Waals surface area contributed by atoms with Crippen LogP contribution in [0.25, 0.3) is 0 Å². The molecular formula is C18H22Cl3FN2O2. The monoisotopic (exact) mass is 422 g/mol. The molecule has 2 rings (SSSR count). The van der Waals surface area contributed by atoms with Crippen molar-refractivity contribution >= 4 is 47.6 Å². The number of hydrogen-bond donors (Lipinski definition) is 1. The molecule has 0 aliphatic heterocycles. The van der Waals surface area contributed by atoms with Crippen molar-refractivity contribution in [2.45, 2.75) is 26.3 Å². The molecule has 0 aliphatic carbocycles. The predicted molar refractivity (Wildman–Crippen MR) is 108 cm³/mol. The van der Waals surface area contributed by atoms with Gasteiger partial charge in [-0.15, -0.1) is 24.8 Å². The Morgan fingerprint density at radius 2 is 1.46 bits per heavy atom. The number of carbonyl (C=O) groups excluding carboxylic acids is 2. The minimum atomic E-state index is -0.483. The summed E-state index contributed by atoms with van der Waals surface area (Å²) in [6.45, 7) is 5.43. The van der Waals surface area contributed by atoms with Crippen molar-refractivity contribution in [3.05, 3.63) is 71.5 Å². The van der Waals surface area contributed by atoms with Crippen LogP contribution in [0.4, 0.5) is 4.39 Å². The Morgan fingerprint density at radius 3 is 1.85 bits per heavy atom. The second-order valence-corrected chi connectivity index (χ2v) is 6.34. The van der Waals surface area contributed by atoms with E-state index in [-0.39, 0.29) is 36.3 Å². The van der Waals surface area contributed by atoms with Gasteiger partial charge in [-0.3, -0.25) is 14.6 Å². The molecule has 1 amide bonds. The lowest BCUT2D eigenvalue weighted by Crippen LogP contribution is -2.50. The highest BCUT2D eigenvalue weighted by molar-refractivity contribution is 6.67. The van der Waals surface area contributed by atoms with E-state index in [1.54, 1.807) is 24.3 Å². The fourth-order valence-electron chi connectivity index (χ4n) is 1.63. The van der Waals surface area contributed by atoms with Crippen LogP contribution in [0.15, 0.2) is 54.6 Å². The van der Waals surface area contributed by atoms with Crippen molar-refractivity contribution in [3.63, 3.8) is 0 Å². The second-order valence-electron chi connectivity index (χ2n) is 6.00. The molecule has 2 aromatic carbocycles. The van der Waals surface area contributed by atoms with Crippen LogP contribution in [0.3, 0.4) is 0 Å². The van der Waals surface area contributed by atoms with Crippen LogP contribution in [0.1, 0.15) is 41.5 Å². The topological polar surface area (TPSA) is 63.4 Å². The largest absolute Gasteiger partial charge is 0.276 e. The first-order chi connectivity index (χ1) is 11.1. The Morgan fingerprint density at radius 1 is 0.962 bits per heavy atom. The normalized spacial score (nSPS) is 9.62. The van der Waals surface area contributed by atoms with Crippen molar-refractivity contribution in [1.82, 2.24) is 5.01 Å². The summed E-state index contributed by atoms with van der Waals surface area (Å²) in [5, 5.41) is 0.692. The van der Waals surface area contributed by atoms with Gasteiger partial charge in [0, 0.05) is 11.1 Å². The van der Waals surface area contributed by atoms with Crippen LogP contribution in [0, 0.1) is 5.82 Å². The van der Waals surface area contributed by atoms with Crippen molar-refractivity contribution in [1.29, 1.82) is 0 Å². The van der Waals surface area contributed by atoms with Gasteiger partial charge in [0.15, 0.2) is 0 Å². The van der Waals surface area contributed by atoms with E-state index in [1.165, 1.54) is 24.3 Å². The van der Waals surface area contributed by atoms with Crippen LogP contribution >= 0.6 is 36.4 Å². The number of benzene rings is 2. The summed E-state index contributed by atoms with van der Waals surface area (Å²) in [6, 6.07) is 14.2. The van der Waals surface area contributed by atoms with Gasteiger partial charge in [0.05, 0.1) is 5.54 Å². The lowest BCUT2D eigenvalue weighted by atomic mass is 10.1. The van der Waals surface area contributed by atoms with Gasteiger partial charge in [-0.05, 0) is 50.6 Å². The summed E-state index contributed by atoms with van der Waals surface area (Å²) in [5.74, 6) is 4.81. The van der Waals surface area contributed by atoms with Gasteiger partial charge >= 0.3 is 0 Å². The predicted octanol–water partition coefficient (Wildman–Crippen LogP) is 4.85. The maximum Gasteiger partial charge on any atom is 0.268 e. The minimum absolute atomic E-state index is 0. The number of amides is 1. The molecule has 2 aromatic rings. The van der Waals surface area contributed by atoms with Crippen molar-refractivity contribution < 1.29 is 14.0 Å². The molecule has 26 heavy (non-hydrogen) atoms. The summed E-state index contributed by atoms with van der Waals surface area (Å²) < 4.78 is 12.9. The molecular weight excluding hydrogens is 402 g/mol. The van der Waals surface area contributed by atoms with Crippen LogP contribution in [0.2, 0.25) is 0 Å². The average molecular weight is 424 g/mol. The number of hydrogen-bond acceptors (Lipinski definition) is 3. The van der Waals surface area contributed by atoms with Gasteiger partial charge in [-0.2, -0.15) is 0 Å². The Labute approximate surface area is 170 Å². The summed E-state index contributed by atoms with van der Waals surface area (Å²) in [7, 11) is 0. The molecule has 0 radical (unpaired) electrons. The fourth-order valence-corrected chi connectivity index (χ4v) is 1.76. The molecule has 2 N–H and O–H groups in total. The number of nitrogens with two attached hydrogens (primary N) is 1. The Bertz CT molecular complexity index is 707. The number of nitrogens with zero attached hydrogens (tertiary/aromatic N) is 1. The molecule has 0 aromatic heterocycles. The molecule has 0 bridgehead atoms. The Balaban J connectivity index is 0. The zero-order valence-electron chi connectivity index (χ0n) is 14.6. The van der Waals surface area contributed by atoms with Gasteiger partial charge in [0.1, 0.15) is 5.82 Å². The van der Waals surface area contributed by atoms with Crippen LogP contribution in [0.5, 0.6) is 0 Å². The van der Waals surface area contributed by atoms with Gasteiger partial charge < -0.3 is 0 Å². The van der Waals surface area contributed by atoms with E-state index in [9.17, 15) is 14.0 Å². The summed E-state index contributed by atoms with van der Waals surface area (Å²) in [6.07, 6.45) is 0. The van der Waals surface area contributed by atoms with Crippen molar-refractivity contribution in [2.75, 3.05) is 0 Å². The van der Waals surface area contributed by atoms with E-state index in [0.29, 0.717) is 5.56 Å². The third kappa shape index (κ3) is 8.63. The molecule has 0 fully saturated rings. The number of carbonyl (C=O) groups is 2. The fraction of sp³-hybridized carbons (Fsp3) is 0.222. The third-order valence-corrected chi connectivity index (χ3v) is 3.23. The van der Waals surface area contributed by atoms with Crippen LogP contribution in [-0.2, 0) is 0 Å². The number of halogens is 4. The van der Waals surface area contributed by atoms with E-state index in [2.05, 4.69) is 0 Å². The standard InChI is InChI=1S/C11H15FN2O.C7H5ClO.2ClH/c1-11(2,3)14(13)10(15)8-5-4-6-9(12)7-8;8-7(9)6-4-2-1-3-5-6;;/h4-7H,13H2,1-3H3;1-5H;2*1H. The molecule has 4 nitrogen and oxygen atoms in total. The Hall–Kier alpha value is -1.66. The van der Waals surface area contributed by atoms with Gasteiger partial charge in [-0.25, -0.2) is 10.2 Å². The molecule has 0 spiro atoms. The zero-order chi connectivity index (χ0) is 18.3. The lowest BCUT2D eigenvalue weighted by molar-refractivity contribution is 0.0581. The quantitative estimate of drug-likeness (QED) is 0.325. The van der Waals surface area contributed by atoms with E-state index in [4.69, 9.17) is 17.4 Å². The summed E-state index contributed by atoms with van der Waals surface area (Å²) in [5.41, 5.74) is 0.315. The van der Waals surface area contributed by atoms with Gasteiger partial charge in [0.25, 0.3) is 11.1 Å². The Kier molecular flexibility index (Phi) is 12.1. The van der Waals surface area contributed by atoms with Crippen LogP contribution < -0.4 is 5.84 Å². The first kappa shape index (κ1) is 26.6. The van der Waals surface area contributed by atoms with Crippen molar-refractivity contribution in [2.24, 2.45) is 5.84 Å². The highest BCUT2D eigenvalue weighted by Gasteiger charge is 2.24. The van der Waals surface area contributed by atoms with E-state index in [0.717, 1.165) is 5.01 Å². The highest BCUT2D eigenvalue weighted by atomic mass is 35.5. The SMILES string of the molecule is CC(C)(C)N(N)C(=O)c1cccc(F)c1.Cl.Cl.O=C(Cl)c1ccccc1. The molecule has 0 saturated carbocycles. The zero-order valence-corrected chi connectivity index (χ0v) is 17.0. The maximum absolute atomic E-state index is 12.9. The smallest absolute Gasteiger partial charge is 0.268 e. The second kappa shape index (κ2) is 11.9. The molecule has 0 aliphatic rings. The lowest BCUT2D eigenvalue weighted by Gasteiger charge is -2.31. The van der Waals surface area contributed by atoms with Crippen molar-refractivity contribution in [3.8, 4) is 0 Å². The minimum Gasteiger partial charge on any atom is -0.276 e. The average Bonchev–Trinajstić information content (AvgIpc) is 2.54. The third-order valence-electron chi connectivity index (χ3n) is 3.01. The maximum atomic E-state index is 12.9. The molecule has 0 unspecified atom stereocenters. The number of hydrazine groups is 1. The van der Waals surface area contributed by atoms with Gasteiger partial charge in [-0.1, -0.05) is 36.4 Å². The summed E-state index contributed by atoms with van der Waals surface area (Å²) >= 11 is 5.16. The molecule has 144 valence electrons. The van der Waals surface area contributed by atoms with E-state index < -0.39 is 16.6 Å². The van der Waals surface area contributed by atoms with E-state index >= 15 is 0 Å². The first-order valence-corrected chi connectivity index (χ1v) is 7.60.